The van der Waals surface area contributed by atoms with E-state index in [1.165, 1.54) is 31.4 Å². The molecular weight excluding hydrogens is 301 g/mol. The Morgan fingerprint density at radius 2 is 2.16 bits per heavy atom. The fourth-order valence-electron chi connectivity index (χ4n) is 3.11. The molecule has 1 fully saturated rings. The van der Waals surface area contributed by atoms with Gasteiger partial charge in [0.1, 0.15) is 0 Å². The van der Waals surface area contributed by atoms with Crippen molar-refractivity contribution in [2.24, 2.45) is 19.8 Å². The van der Waals surface area contributed by atoms with Gasteiger partial charge in [-0.2, -0.15) is 0 Å². The summed E-state index contributed by atoms with van der Waals surface area (Å²) in [7, 11) is 0. The Morgan fingerprint density at radius 3 is 3.00 bits per heavy atom. The molecule has 1 aromatic rings. The van der Waals surface area contributed by atoms with Gasteiger partial charge >= 0.3 is 120 Å². The van der Waals surface area contributed by atoms with Crippen LogP contribution in [-0.4, -0.2) is 20.6 Å². The Balaban J connectivity index is 1.72. The van der Waals surface area contributed by atoms with Crippen LogP contribution in [0.5, 0.6) is 0 Å². The van der Waals surface area contributed by atoms with Gasteiger partial charge in [0.05, 0.1) is 0 Å². The Labute approximate surface area is 120 Å². The Kier molecular flexibility index (Phi) is 3.90. The summed E-state index contributed by atoms with van der Waals surface area (Å²) in [5.41, 5.74) is 3.35. The number of rotatable bonds is 3. The number of anilines is 1. The molecule has 3 rings (SSSR count). The first-order chi connectivity index (χ1) is 9.24. The summed E-state index contributed by atoms with van der Waals surface area (Å²) in [4.78, 5) is 0. The fourth-order valence-corrected chi connectivity index (χ4v) is 4.26. The number of nitrogens with zero attached hydrogens (tertiary/aromatic N) is 2. The van der Waals surface area contributed by atoms with Crippen LogP contribution in [0.25, 0.3) is 0 Å². The van der Waals surface area contributed by atoms with E-state index in [0.29, 0.717) is 6.04 Å². The van der Waals surface area contributed by atoms with Crippen LogP contribution >= 0.6 is 0 Å². The SMILES string of the molecule is CC(C)C1CCCC(Nc2cccc3c2N=[Se]=N3)C1. The van der Waals surface area contributed by atoms with Gasteiger partial charge in [-0.25, -0.2) is 0 Å². The van der Waals surface area contributed by atoms with E-state index in [1.54, 1.807) is 0 Å². The quantitative estimate of drug-likeness (QED) is 0.820. The first-order valence-electron chi connectivity index (χ1n) is 7.22. The fraction of sp³-hybridized carbons (Fsp3) is 0.600. The van der Waals surface area contributed by atoms with Crippen molar-refractivity contribution in [3.05, 3.63) is 18.2 Å². The van der Waals surface area contributed by atoms with Gasteiger partial charge in [0.2, 0.25) is 0 Å². The molecule has 2 atom stereocenters. The van der Waals surface area contributed by atoms with E-state index in [9.17, 15) is 0 Å². The van der Waals surface area contributed by atoms with Crippen molar-refractivity contribution in [1.82, 2.24) is 0 Å². The molecule has 1 aromatic carbocycles. The molecule has 19 heavy (non-hydrogen) atoms. The van der Waals surface area contributed by atoms with E-state index in [4.69, 9.17) is 0 Å². The number of benzene rings is 1. The molecule has 2 aliphatic rings. The second kappa shape index (κ2) is 5.64. The van der Waals surface area contributed by atoms with Gasteiger partial charge in [0, 0.05) is 0 Å². The van der Waals surface area contributed by atoms with Gasteiger partial charge in [-0.15, -0.1) is 0 Å². The molecule has 1 heterocycles. The standard InChI is InChI=1S/C15H21N3Se/c1-10(2)11-5-3-6-12(9-11)16-13-7-4-8-14-15(13)18-19-17-14/h4,7-8,10-12,16H,3,5-6,9H2,1-2H3. The van der Waals surface area contributed by atoms with Crippen LogP contribution in [0.1, 0.15) is 39.5 Å². The third-order valence-electron chi connectivity index (χ3n) is 4.30. The molecule has 0 amide bonds. The number of hydrogen-bond donors (Lipinski definition) is 1. The maximum atomic E-state index is 4.55. The molecular formula is C15H21N3Se. The van der Waals surface area contributed by atoms with Crippen molar-refractivity contribution in [2.75, 3.05) is 5.32 Å². The van der Waals surface area contributed by atoms with Gasteiger partial charge in [-0.05, 0) is 0 Å². The van der Waals surface area contributed by atoms with Crippen molar-refractivity contribution in [1.29, 1.82) is 0 Å². The molecule has 0 saturated heterocycles. The molecule has 1 saturated carbocycles. The van der Waals surface area contributed by atoms with Crippen LogP contribution in [0.4, 0.5) is 17.1 Å². The molecule has 1 aliphatic heterocycles. The van der Waals surface area contributed by atoms with E-state index < -0.39 is 0 Å². The summed E-state index contributed by atoms with van der Waals surface area (Å²) in [5.74, 6) is 1.67. The molecule has 0 radical (unpaired) electrons. The molecule has 1 aliphatic carbocycles. The molecule has 2 unspecified atom stereocenters. The third kappa shape index (κ3) is 2.85. The van der Waals surface area contributed by atoms with Crippen LogP contribution < -0.4 is 5.32 Å². The first kappa shape index (κ1) is 13.1. The van der Waals surface area contributed by atoms with Crippen LogP contribution in [-0.2, 0) is 0 Å². The number of hydrogen-bond acceptors (Lipinski definition) is 3. The van der Waals surface area contributed by atoms with Crippen molar-refractivity contribution in [2.45, 2.75) is 45.6 Å². The molecule has 0 bridgehead atoms. The average molecular weight is 322 g/mol. The van der Waals surface area contributed by atoms with Gasteiger partial charge < -0.3 is 0 Å². The van der Waals surface area contributed by atoms with Gasteiger partial charge in [-0.1, -0.05) is 0 Å². The van der Waals surface area contributed by atoms with E-state index in [-0.39, 0.29) is 14.6 Å². The zero-order valence-corrected chi connectivity index (χ0v) is 13.3. The van der Waals surface area contributed by atoms with Crippen molar-refractivity contribution >= 4 is 31.6 Å². The topological polar surface area (TPSA) is 36.8 Å². The number of nitrogens with one attached hydrogen (secondary N) is 1. The van der Waals surface area contributed by atoms with E-state index >= 15 is 0 Å². The monoisotopic (exact) mass is 323 g/mol. The van der Waals surface area contributed by atoms with Gasteiger partial charge in [0.15, 0.2) is 0 Å². The van der Waals surface area contributed by atoms with Crippen molar-refractivity contribution in [3.63, 3.8) is 0 Å². The van der Waals surface area contributed by atoms with Crippen molar-refractivity contribution in [3.8, 4) is 0 Å². The van der Waals surface area contributed by atoms with Crippen LogP contribution in [0.3, 0.4) is 0 Å². The second-order valence-electron chi connectivity index (χ2n) is 5.95. The Bertz CT molecular complexity index is 532. The van der Waals surface area contributed by atoms with Crippen LogP contribution in [0.15, 0.2) is 26.1 Å². The molecule has 0 aromatic heterocycles. The van der Waals surface area contributed by atoms with Gasteiger partial charge in [-0.3, -0.25) is 0 Å². The minimum absolute atomic E-state index is 0.0626. The van der Waals surface area contributed by atoms with Crippen LogP contribution in [0, 0.1) is 11.8 Å². The van der Waals surface area contributed by atoms with E-state index in [1.807, 2.05) is 0 Å². The van der Waals surface area contributed by atoms with Crippen LogP contribution in [0.2, 0.25) is 0 Å². The zero-order valence-electron chi connectivity index (χ0n) is 11.6. The summed E-state index contributed by atoms with van der Waals surface area (Å²) in [6, 6.07) is 6.91. The Hall–Kier alpha value is -0.861. The predicted molar refractivity (Wildman–Crippen MR) is 80.6 cm³/mol. The second-order valence-corrected chi connectivity index (χ2v) is 7.06. The predicted octanol–water partition coefficient (Wildman–Crippen LogP) is 4.66. The molecule has 3 nitrogen and oxygen atoms in total. The van der Waals surface area contributed by atoms with E-state index in [0.717, 1.165) is 23.2 Å². The summed E-state index contributed by atoms with van der Waals surface area (Å²) in [6.07, 6.45) is 5.32. The van der Waals surface area contributed by atoms with E-state index in [2.05, 4.69) is 45.3 Å². The molecule has 102 valence electrons. The van der Waals surface area contributed by atoms with Gasteiger partial charge in [0.25, 0.3) is 0 Å². The zero-order chi connectivity index (χ0) is 13.2. The normalized spacial score (nSPS) is 25.2. The molecule has 1 N–H and O–H groups in total. The number of fused-ring (bicyclic) bond motifs is 1. The summed E-state index contributed by atoms with van der Waals surface area (Å²) in [6.45, 7) is 4.70. The summed E-state index contributed by atoms with van der Waals surface area (Å²) >= 11 is 0.0626. The first-order valence-corrected chi connectivity index (χ1v) is 8.75. The minimum atomic E-state index is 0.0626. The average Bonchev–Trinajstić information content (AvgIpc) is 2.88. The summed E-state index contributed by atoms with van der Waals surface area (Å²) in [5, 5.41) is 3.72. The Morgan fingerprint density at radius 1 is 1.26 bits per heavy atom. The summed E-state index contributed by atoms with van der Waals surface area (Å²) < 4.78 is 9.00. The molecule has 4 heteroatoms. The van der Waals surface area contributed by atoms with Crippen molar-refractivity contribution < 1.29 is 0 Å². The maximum absolute atomic E-state index is 4.55. The molecule has 0 spiro atoms. The third-order valence-corrected chi connectivity index (χ3v) is 5.44.